The van der Waals surface area contributed by atoms with Crippen molar-refractivity contribution in [1.82, 2.24) is 9.55 Å². The molecule has 0 N–H and O–H groups in total. The number of imidazole rings is 1. The van der Waals surface area contributed by atoms with Crippen LogP contribution in [0.3, 0.4) is 0 Å². The quantitative estimate of drug-likeness (QED) is 0.863. The summed E-state index contributed by atoms with van der Waals surface area (Å²) in [5.74, 6) is 0.209. The third kappa shape index (κ3) is 2.82. The summed E-state index contributed by atoms with van der Waals surface area (Å²) in [7, 11) is 0. The molecule has 5 heteroatoms. The molecule has 2 aromatic rings. The zero-order valence-electron chi connectivity index (χ0n) is 8.44. The van der Waals surface area contributed by atoms with Gasteiger partial charge in [-0.3, -0.25) is 0 Å². The summed E-state index contributed by atoms with van der Waals surface area (Å²) < 4.78 is 21.0. The molecule has 0 spiro atoms. The number of ether oxygens (including phenoxy) is 1. The second kappa shape index (κ2) is 5.12. The van der Waals surface area contributed by atoms with E-state index in [-0.39, 0.29) is 5.82 Å². The largest absolute Gasteiger partial charge is 0.490 e. The van der Waals surface area contributed by atoms with Gasteiger partial charge in [0.1, 0.15) is 18.2 Å². The molecular formula is C11H10BrFN2O. The lowest BCUT2D eigenvalue weighted by Gasteiger charge is -2.08. The number of aromatic nitrogens is 2. The Labute approximate surface area is 101 Å². The molecule has 2 rings (SSSR count). The summed E-state index contributed by atoms with van der Waals surface area (Å²) in [6.07, 6.45) is 5.27. The summed E-state index contributed by atoms with van der Waals surface area (Å²) in [6, 6.07) is 4.37. The lowest BCUT2D eigenvalue weighted by molar-refractivity contribution is 0.295. The van der Waals surface area contributed by atoms with Crippen molar-refractivity contribution in [3.63, 3.8) is 0 Å². The summed E-state index contributed by atoms with van der Waals surface area (Å²) >= 11 is 3.30. The molecule has 16 heavy (non-hydrogen) atoms. The van der Waals surface area contributed by atoms with Crippen LogP contribution in [-0.2, 0) is 6.54 Å². The molecule has 1 heterocycles. The molecule has 0 saturated heterocycles. The maximum absolute atomic E-state index is 12.9. The number of nitrogens with zero attached hydrogens (tertiary/aromatic N) is 2. The van der Waals surface area contributed by atoms with E-state index in [1.54, 1.807) is 18.6 Å². The van der Waals surface area contributed by atoms with Gasteiger partial charge in [0.25, 0.3) is 0 Å². The molecule has 0 aliphatic heterocycles. The number of rotatable bonds is 4. The van der Waals surface area contributed by atoms with Crippen LogP contribution >= 0.6 is 15.9 Å². The highest BCUT2D eigenvalue weighted by atomic mass is 79.9. The third-order valence-electron chi connectivity index (χ3n) is 2.06. The van der Waals surface area contributed by atoms with Crippen molar-refractivity contribution < 1.29 is 9.13 Å². The van der Waals surface area contributed by atoms with Crippen LogP contribution in [0.4, 0.5) is 4.39 Å². The van der Waals surface area contributed by atoms with Gasteiger partial charge >= 0.3 is 0 Å². The fraction of sp³-hybridized carbons (Fsp3) is 0.182. The smallest absolute Gasteiger partial charge is 0.136 e. The Morgan fingerprint density at radius 2 is 2.31 bits per heavy atom. The number of halogens is 2. The fourth-order valence-corrected chi connectivity index (χ4v) is 1.63. The van der Waals surface area contributed by atoms with Gasteiger partial charge in [0.2, 0.25) is 0 Å². The van der Waals surface area contributed by atoms with Crippen molar-refractivity contribution in [3.05, 3.63) is 47.2 Å². The molecule has 0 aliphatic rings. The summed E-state index contributed by atoms with van der Waals surface area (Å²) in [4.78, 5) is 3.92. The van der Waals surface area contributed by atoms with Gasteiger partial charge in [0.05, 0.1) is 17.3 Å². The van der Waals surface area contributed by atoms with E-state index in [2.05, 4.69) is 20.9 Å². The van der Waals surface area contributed by atoms with Crippen molar-refractivity contribution in [2.75, 3.05) is 6.61 Å². The van der Waals surface area contributed by atoms with E-state index in [0.29, 0.717) is 18.9 Å². The molecule has 1 aromatic carbocycles. The van der Waals surface area contributed by atoms with Crippen LogP contribution in [-0.4, -0.2) is 16.2 Å². The van der Waals surface area contributed by atoms with Crippen LogP contribution in [0.5, 0.6) is 5.75 Å². The standard InChI is InChI=1S/C11H10BrFN2O/c12-10-2-1-9(13)7-11(10)16-6-5-15-4-3-14-8-15/h1-4,7-8H,5-6H2. The van der Waals surface area contributed by atoms with Gasteiger partial charge in [-0.1, -0.05) is 0 Å². The molecule has 0 saturated carbocycles. The average molecular weight is 285 g/mol. The molecule has 0 bridgehead atoms. The Balaban J connectivity index is 1.92. The third-order valence-corrected chi connectivity index (χ3v) is 2.71. The van der Waals surface area contributed by atoms with E-state index in [1.807, 2.05) is 10.8 Å². The first kappa shape index (κ1) is 11.1. The Bertz CT molecular complexity index is 459. The lowest BCUT2D eigenvalue weighted by Crippen LogP contribution is -2.06. The molecule has 1 aromatic heterocycles. The van der Waals surface area contributed by atoms with E-state index < -0.39 is 0 Å². The maximum atomic E-state index is 12.9. The number of benzene rings is 1. The topological polar surface area (TPSA) is 27.1 Å². The molecule has 0 aliphatic carbocycles. The van der Waals surface area contributed by atoms with Gasteiger partial charge in [-0.15, -0.1) is 0 Å². The second-order valence-electron chi connectivity index (χ2n) is 3.22. The Morgan fingerprint density at radius 3 is 3.06 bits per heavy atom. The van der Waals surface area contributed by atoms with Crippen LogP contribution in [0.25, 0.3) is 0 Å². The molecule has 0 fully saturated rings. The van der Waals surface area contributed by atoms with Crippen molar-refractivity contribution in [2.24, 2.45) is 0 Å². The minimum atomic E-state index is -0.305. The minimum Gasteiger partial charge on any atom is -0.490 e. The minimum absolute atomic E-state index is 0.305. The second-order valence-corrected chi connectivity index (χ2v) is 4.08. The SMILES string of the molecule is Fc1ccc(Br)c(OCCn2ccnc2)c1. The van der Waals surface area contributed by atoms with E-state index in [1.165, 1.54) is 12.1 Å². The number of hydrogen-bond donors (Lipinski definition) is 0. The highest BCUT2D eigenvalue weighted by molar-refractivity contribution is 9.10. The van der Waals surface area contributed by atoms with Gasteiger partial charge in [0, 0.05) is 18.5 Å². The fourth-order valence-electron chi connectivity index (χ4n) is 1.27. The zero-order valence-corrected chi connectivity index (χ0v) is 10.0. The summed E-state index contributed by atoms with van der Waals surface area (Å²) in [5.41, 5.74) is 0. The van der Waals surface area contributed by atoms with Crippen molar-refractivity contribution >= 4 is 15.9 Å². The van der Waals surface area contributed by atoms with Crippen LogP contribution in [0.15, 0.2) is 41.4 Å². The van der Waals surface area contributed by atoms with Crippen LogP contribution in [0.1, 0.15) is 0 Å². The van der Waals surface area contributed by atoms with Gasteiger partial charge in [0.15, 0.2) is 0 Å². The van der Waals surface area contributed by atoms with E-state index in [9.17, 15) is 4.39 Å². The van der Waals surface area contributed by atoms with Crippen LogP contribution < -0.4 is 4.74 Å². The van der Waals surface area contributed by atoms with Crippen LogP contribution in [0.2, 0.25) is 0 Å². The molecule has 3 nitrogen and oxygen atoms in total. The lowest BCUT2D eigenvalue weighted by atomic mass is 10.3. The summed E-state index contributed by atoms with van der Waals surface area (Å²) in [6.45, 7) is 1.15. The molecule has 0 unspecified atom stereocenters. The zero-order chi connectivity index (χ0) is 11.4. The van der Waals surface area contributed by atoms with Crippen LogP contribution in [0, 0.1) is 5.82 Å². The van der Waals surface area contributed by atoms with Gasteiger partial charge in [-0.2, -0.15) is 0 Å². The molecule has 0 amide bonds. The predicted molar refractivity (Wildman–Crippen MR) is 61.8 cm³/mol. The summed E-state index contributed by atoms with van der Waals surface area (Å²) in [5, 5.41) is 0. The van der Waals surface area contributed by atoms with Gasteiger partial charge in [-0.25, -0.2) is 9.37 Å². The van der Waals surface area contributed by atoms with Crippen molar-refractivity contribution in [1.29, 1.82) is 0 Å². The Kier molecular flexibility index (Phi) is 3.56. The molecule has 0 atom stereocenters. The number of hydrogen-bond acceptors (Lipinski definition) is 2. The van der Waals surface area contributed by atoms with Crippen molar-refractivity contribution in [3.8, 4) is 5.75 Å². The van der Waals surface area contributed by atoms with Gasteiger partial charge in [-0.05, 0) is 28.1 Å². The average Bonchev–Trinajstić information content (AvgIpc) is 2.76. The van der Waals surface area contributed by atoms with Gasteiger partial charge < -0.3 is 9.30 Å². The Hall–Kier alpha value is -1.36. The molecule has 0 radical (unpaired) electrons. The monoisotopic (exact) mass is 284 g/mol. The van der Waals surface area contributed by atoms with E-state index in [0.717, 1.165) is 4.47 Å². The first-order valence-electron chi connectivity index (χ1n) is 4.79. The molecule has 84 valence electrons. The molecular weight excluding hydrogens is 275 g/mol. The van der Waals surface area contributed by atoms with E-state index in [4.69, 9.17) is 4.74 Å². The van der Waals surface area contributed by atoms with Crippen molar-refractivity contribution in [2.45, 2.75) is 6.54 Å². The highest BCUT2D eigenvalue weighted by Crippen LogP contribution is 2.25. The normalized spacial score (nSPS) is 10.4. The first-order valence-corrected chi connectivity index (χ1v) is 5.58. The highest BCUT2D eigenvalue weighted by Gasteiger charge is 2.02. The maximum Gasteiger partial charge on any atom is 0.136 e. The first-order chi connectivity index (χ1) is 7.75. The Morgan fingerprint density at radius 1 is 1.44 bits per heavy atom. The predicted octanol–water partition coefficient (Wildman–Crippen LogP) is 2.86. The van der Waals surface area contributed by atoms with E-state index >= 15 is 0 Å².